The molecule has 5 nitrogen and oxygen atoms in total. The summed E-state index contributed by atoms with van der Waals surface area (Å²) in [5.41, 5.74) is 6.28. The molecule has 2 heterocycles. The van der Waals surface area contributed by atoms with Gasteiger partial charge in [0.2, 0.25) is 0 Å². The first-order valence-electron chi connectivity index (χ1n) is 4.69. The van der Waals surface area contributed by atoms with Crippen LogP contribution in [-0.2, 0) is 0 Å². The Morgan fingerprint density at radius 2 is 1.80 bits per heavy atom. The first kappa shape index (κ1) is 9.67. The van der Waals surface area contributed by atoms with E-state index in [4.69, 9.17) is 0 Å². The zero-order valence-electron chi connectivity index (χ0n) is 8.46. The van der Waals surface area contributed by atoms with Crippen molar-refractivity contribution in [2.24, 2.45) is 0 Å². The van der Waals surface area contributed by atoms with Crippen molar-refractivity contribution in [3.63, 3.8) is 0 Å². The van der Waals surface area contributed by atoms with Crippen LogP contribution in [0.2, 0.25) is 0 Å². The Morgan fingerprint density at radius 3 is 2.47 bits per heavy atom. The van der Waals surface area contributed by atoms with Gasteiger partial charge in [0.05, 0.1) is 6.20 Å². The molecule has 0 amide bonds. The molecule has 0 spiro atoms. The van der Waals surface area contributed by atoms with Gasteiger partial charge in [0.25, 0.3) is 0 Å². The molecular formula is C10H12N5+. The predicted octanol–water partition coefficient (Wildman–Crippen LogP) is 0.236. The third-order valence-corrected chi connectivity index (χ3v) is 2.00. The molecule has 0 aliphatic rings. The first-order valence-corrected chi connectivity index (χ1v) is 4.69. The van der Waals surface area contributed by atoms with Gasteiger partial charge in [0.1, 0.15) is 23.1 Å². The van der Waals surface area contributed by atoms with E-state index < -0.39 is 0 Å². The van der Waals surface area contributed by atoms with Gasteiger partial charge in [-0.1, -0.05) is 0 Å². The summed E-state index contributed by atoms with van der Waals surface area (Å²) in [5.74, 6) is 0. The lowest BCUT2D eigenvalue weighted by Crippen LogP contribution is -2.52. The summed E-state index contributed by atoms with van der Waals surface area (Å²) in [6, 6.07) is 0.0794. The topological polar surface area (TPSA) is 79.2 Å². The van der Waals surface area contributed by atoms with E-state index >= 15 is 0 Å². The molecule has 0 aromatic carbocycles. The Morgan fingerprint density at radius 1 is 1.07 bits per heavy atom. The molecule has 76 valence electrons. The summed E-state index contributed by atoms with van der Waals surface area (Å²) in [6.45, 7) is 1.98. The van der Waals surface area contributed by atoms with Crippen LogP contribution < -0.4 is 5.73 Å². The number of rotatable bonds is 2. The summed E-state index contributed by atoms with van der Waals surface area (Å²) in [7, 11) is 0. The molecule has 0 saturated heterocycles. The Kier molecular flexibility index (Phi) is 2.64. The number of hydrogen-bond acceptors (Lipinski definition) is 4. The van der Waals surface area contributed by atoms with Gasteiger partial charge in [-0.25, -0.2) is 0 Å². The predicted molar refractivity (Wildman–Crippen MR) is 54.4 cm³/mol. The zero-order valence-corrected chi connectivity index (χ0v) is 8.46. The van der Waals surface area contributed by atoms with Crippen LogP contribution in [0, 0.1) is 0 Å². The second kappa shape index (κ2) is 4.10. The maximum atomic E-state index is 4.27. The average Bonchev–Trinajstić information content (AvgIpc) is 2.30. The molecule has 0 aliphatic heterocycles. The van der Waals surface area contributed by atoms with Crippen LogP contribution in [0.25, 0.3) is 11.4 Å². The maximum absolute atomic E-state index is 4.27. The Labute approximate surface area is 87.4 Å². The summed E-state index contributed by atoms with van der Waals surface area (Å²) >= 11 is 0. The summed E-state index contributed by atoms with van der Waals surface area (Å²) in [6.07, 6.45) is 8.26. The molecule has 0 fully saturated rings. The van der Waals surface area contributed by atoms with Gasteiger partial charge < -0.3 is 5.73 Å². The first-order chi connectivity index (χ1) is 7.29. The SMILES string of the molecule is C[C@H]([NH3+])c1nccnc1-c1cnccn1. The molecule has 0 radical (unpaired) electrons. The molecule has 0 unspecified atom stereocenters. The molecule has 2 aromatic heterocycles. The fourth-order valence-corrected chi connectivity index (χ4v) is 1.33. The van der Waals surface area contributed by atoms with Crippen molar-refractivity contribution < 1.29 is 5.73 Å². The van der Waals surface area contributed by atoms with Crippen LogP contribution >= 0.6 is 0 Å². The van der Waals surface area contributed by atoms with Crippen molar-refractivity contribution in [2.75, 3.05) is 0 Å². The molecule has 2 aromatic rings. The van der Waals surface area contributed by atoms with Crippen LogP contribution in [0.1, 0.15) is 18.7 Å². The minimum atomic E-state index is 0.0794. The van der Waals surface area contributed by atoms with Gasteiger partial charge in [0.15, 0.2) is 0 Å². The molecule has 5 heteroatoms. The molecule has 0 saturated carbocycles. The van der Waals surface area contributed by atoms with Crippen LogP contribution in [0.15, 0.2) is 31.0 Å². The standard InChI is InChI=1S/C10H11N5/c1-7(11)9-10(15-5-4-14-9)8-6-12-2-3-13-8/h2-7H,11H2,1H3/p+1/t7-/m0/s1. The quantitative estimate of drug-likeness (QED) is 0.756. The lowest BCUT2D eigenvalue weighted by Gasteiger charge is -2.06. The highest BCUT2D eigenvalue weighted by Gasteiger charge is 2.14. The highest BCUT2D eigenvalue weighted by Crippen LogP contribution is 2.18. The van der Waals surface area contributed by atoms with Crippen LogP contribution in [0.3, 0.4) is 0 Å². The maximum Gasteiger partial charge on any atom is 0.127 e. The van der Waals surface area contributed by atoms with Crippen molar-refractivity contribution in [1.82, 2.24) is 19.9 Å². The normalized spacial score (nSPS) is 12.4. The van der Waals surface area contributed by atoms with Gasteiger partial charge in [-0.05, 0) is 6.92 Å². The molecule has 15 heavy (non-hydrogen) atoms. The number of aromatic nitrogens is 4. The monoisotopic (exact) mass is 202 g/mol. The average molecular weight is 202 g/mol. The largest absolute Gasteiger partial charge is 0.350 e. The highest BCUT2D eigenvalue weighted by molar-refractivity contribution is 5.55. The molecule has 2 rings (SSSR count). The Balaban J connectivity index is 2.53. The van der Waals surface area contributed by atoms with Crippen LogP contribution in [0.5, 0.6) is 0 Å². The second-order valence-electron chi connectivity index (χ2n) is 3.28. The number of hydrogen-bond donors (Lipinski definition) is 1. The molecule has 3 N–H and O–H groups in total. The fourth-order valence-electron chi connectivity index (χ4n) is 1.33. The third-order valence-electron chi connectivity index (χ3n) is 2.00. The summed E-state index contributed by atoms with van der Waals surface area (Å²) in [5, 5.41) is 0. The van der Waals surface area contributed by atoms with E-state index in [9.17, 15) is 0 Å². The summed E-state index contributed by atoms with van der Waals surface area (Å²) < 4.78 is 0. The van der Waals surface area contributed by atoms with Gasteiger partial charge in [-0.3, -0.25) is 19.9 Å². The minimum absolute atomic E-state index is 0.0794. The smallest absolute Gasteiger partial charge is 0.127 e. The summed E-state index contributed by atoms with van der Waals surface area (Å²) in [4.78, 5) is 16.7. The molecule has 0 aliphatic carbocycles. The van der Waals surface area contributed by atoms with E-state index in [2.05, 4.69) is 25.7 Å². The zero-order chi connectivity index (χ0) is 10.7. The lowest BCUT2D eigenvalue weighted by atomic mass is 10.1. The van der Waals surface area contributed by atoms with Gasteiger partial charge in [0, 0.05) is 24.8 Å². The molecule has 1 atom stereocenters. The van der Waals surface area contributed by atoms with Crippen molar-refractivity contribution in [2.45, 2.75) is 13.0 Å². The fraction of sp³-hybridized carbons (Fsp3) is 0.200. The van der Waals surface area contributed by atoms with Crippen molar-refractivity contribution in [3.8, 4) is 11.4 Å². The third kappa shape index (κ3) is 1.97. The van der Waals surface area contributed by atoms with Gasteiger partial charge >= 0.3 is 0 Å². The van der Waals surface area contributed by atoms with Gasteiger partial charge in [-0.2, -0.15) is 0 Å². The second-order valence-corrected chi connectivity index (χ2v) is 3.28. The van der Waals surface area contributed by atoms with Crippen LogP contribution in [0.4, 0.5) is 0 Å². The van der Waals surface area contributed by atoms with Crippen LogP contribution in [-0.4, -0.2) is 19.9 Å². The highest BCUT2D eigenvalue weighted by atomic mass is 14.9. The number of nitrogens with zero attached hydrogens (tertiary/aromatic N) is 4. The van der Waals surface area contributed by atoms with Gasteiger partial charge in [-0.15, -0.1) is 0 Å². The Bertz CT molecular complexity index is 441. The number of quaternary nitrogens is 1. The molecule has 0 bridgehead atoms. The molecular weight excluding hydrogens is 190 g/mol. The Hall–Kier alpha value is -1.88. The lowest BCUT2D eigenvalue weighted by molar-refractivity contribution is -0.421. The van der Waals surface area contributed by atoms with Crippen molar-refractivity contribution in [1.29, 1.82) is 0 Å². The van der Waals surface area contributed by atoms with E-state index in [1.165, 1.54) is 0 Å². The van der Waals surface area contributed by atoms with E-state index in [0.29, 0.717) is 0 Å². The van der Waals surface area contributed by atoms with E-state index in [1.54, 1.807) is 31.0 Å². The van der Waals surface area contributed by atoms with Crippen molar-refractivity contribution in [3.05, 3.63) is 36.7 Å². The minimum Gasteiger partial charge on any atom is -0.350 e. The van der Waals surface area contributed by atoms with E-state index in [0.717, 1.165) is 17.1 Å². The van der Waals surface area contributed by atoms with E-state index in [-0.39, 0.29) is 6.04 Å². The van der Waals surface area contributed by atoms with E-state index in [1.807, 2.05) is 6.92 Å². The van der Waals surface area contributed by atoms with Crippen molar-refractivity contribution >= 4 is 0 Å².